The molecule has 0 saturated heterocycles. The summed E-state index contributed by atoms with van der Waals surface area (Å²) < 4.78 is 5.13. The summed E-state index contributed by atoms with van der Waals surface area (Å²) in [4.78, 5) is 9.00. The molecule has 0 heterocycles. The Morgan fingerprint density at radius 3 is 1.53 bits per heavy atom. The van der Waals surface area contributed by atoms with Crippen molar-refractivity contribution in [3.63, 3.8) is 0 Å². The molecule has 5 nitrogen and oxygen atoms in total. The van der Waals surface area contributed by atoms with Crippen molar-refractivity contribution in [2.75, 3.05) is 13.2 Å². The van der Waals surface area contributed by atoms with Crippen molar-refractivity contribution in [1.82, 2.24) is 0 Å². The van der Waals surface area contributed by atoms with Gasteiger partial charge in [0.15, 0.2) is 6.29 Å². The monoisotopic (exact) mass is 252 g/mol. The van der Waals surface area contributed by atoms with Gasteiger partial charge in [0.25, 0.3) is 5.97 Å². The smallest absolute Gasteiger partial charge is 0.300 e. The number of aliphatic hydroxyl groups is 2. The summed E-state index contributed by atoms with van der Waals surface area (Å²) in [6.07, 6.45) is 2.49. The molecule has 0 aromatic heterocycles. The van der Waals surface area contributed by atoms with Gasteiger partial charge >= 0.3 is 0 Å². The molecule has 0 aliphatic rings. The molecule has 5 heteroatoms. The molecule has 0 bridgehead atoms. The van der Waals surface area contributed by atoms with Gasteiger partial charge in [-0.3, -0.25) is 4.79 Å². The van der Waals surface area contributed by atoms with Gasteiger partial charge < -0.3 is 20.1 Å². The zero-order valence-electron chi connectivity index (χ0n) is 11.5. The normalized spacial score (nSPS) is 8.88. The minimum Gasteiger partial charge on any atom is -0.481 e. The molecule has 0 amide bonds. The maximum atomic E-state index is 9.00. The Morgan fingerprint density at radius 1 is 1.06 bits per heavy atom. The Labute approximate surface area is 104 Å². The lowest BCUT2D eigenvalue weighted by molar-refractivity contribution is -0.134. The van der Waals surface area contributed by atoms with Gasteiger partial charge in [-0.15, -0.1) is 0 Å². The van der Waals surface area contributed by atoms with E-state index in [0.717, 1.165) is 39.4 Å². The van der Waals surface area contributed by atoms with Crippen LogP contribution in [-0.4, -0.2) is 40.8 Å². The lowest BCUT2D eigenvalue weighted by Gasteiger charge is -1.95. The fourth-order valence-corrected chi connectivity index (χ4v) is 0.649. The summed E-state index contributed by atoms with van der Waals surface area (Å²) in [6, 6.07) is 0. The van der Waals surface area contributed by atoms with E-state index in [4.69, 9.17) is 24.9 Å². The Morgan fingerprint density at radius 2 is 1.41 bits per heavy atom. The summed E-state index contributed by atoms with van der Waals surface area (Å²) in [5.74, 6) is -0.833. The van der Waals surface area contributed by atoms with Gasteiger partial charge in [0, 0.05) is 20.1 Å². The molecule has 0 aromatic rings. The van der Waals surface area contributed by atoms with E-state index in [1.54, 1.807) is 0 Å². The van der Waals surface area contributed by atoms with Crippen LogP contribution in [0.5, 0.6) is 0 Å². The highest BCUT2D eigenvalue weighted by Gasteiger charge is 1.89. The van der Waals surface area contributed by atoms with Crippen molar-refractivity contribution in [2.24, 2.45) is 0 Å². The first-order valence-electron chi connectivity index (χ1n) is 6.05. The Kier molecular flexibility index (Phi) is 26.4. The van der Waals surface area contributed by atoms with Crippen LogP contribution in [0, 0.1) is 0 Å². The van der Waals surface area contributed by atoms with Gasteiger partial charge in [0.2, 0.25) is 0 Å². The number of aliphatic carboxylic acids is 1. The summed E-state index contributed by atoms with van der Waals surface area (Å²) in [5.41, 5.74) is 0. The largest absolute Gasteiger partial charge is 0.481 e. The number of hydrogen-bond donors (Lipinski definition) is 3. The van der Waals surface area contributed by atoms with Gasteiger partial charge in [0.1, 0.15) is 0 Å². The van der Waals surface area contributed by atoms with Gasteiger partial charge in [0.05, 0.1) is 0 Å². The second-order valence-corrected chi connectivity index (χ2v) is 3.40. The molecule has 0 aliphatic carbocycles. The van der Waals surface area contributed by atoms with Crippen LogP contribution in [0.2, 0.25) is 0 Å². The molecule has 0 fully saturated rings. The van der Waals surface area contributed by atoms with Crippen LogP contribution in [-0.2, 0) is 9.53 Å². The lowest BCUT2D eigenvalue weighted by atomic mass is 10.3. The van der Waals surface area contributed by atoms with Crippen molar-refractivity contribution >= 4 is 5.97 Å². The van der Waals surface area contributed by atoms with Crippen molar-refractivity contribution in [3.05, 3.63) is 0 Å². The number of carboxylic acid groups (broad SMARTS) is 1. The Hall–Kier alpha value is -0.650. The van der Waals surface area contributed by atoms with Gasteiger partial charge in [-0.25, -0.2) is 0 Å². The van der Waals surface area contributed by atoms with E-state index in [9.17, 15) is 0 Å². The fraction of sp³-hybridized carbons (Fsp3) is 0.917. The van der Waals surface area contributed by atoms with E-state index < -0.39 is 12.3 Å². The van der Waals surface area contributed by atoms with E-state index in [1.807, 2.05) is 6.92 Å². The lowest BCUT2D eigenvalue weighted by Crippen LogP contribution is -2.01. The molecule has 0 radical (unpaired) electrons. The average Bonchev–Trinajstić information content (AvgIpc) is 2.18. The van der Waals surface area contributed by atoms with Crippen LogP contribution >= 0.6 is 0 Å². The topological polar surface area (TPSA) is 87.0 Å². The minimum absolute atomic E-state index is 0.486. The van der Waals surface area contributed by atoms with Crippen molar-refractivity contribution in [3.8, 4) is 0 Å². The third-order valence-electron chi connectivity index (χ3n) is 1.24. The van der Waals surface area contributed by atoms with E-state index in [-0.39, 0.29) is 0 Å². The second-order valence-electron chi connectivity index (χ2n) is 3.40. The summed E-state index contributed by atoms with van der Waals surface area (Å²) in [6.45, 7) is 9.08. The first-order chi connectivity index (χ1) is 7.92. The minimum atomic E-state index is -1.10. The van der Waals surface area contributed by atoms with Crippen LogP contribution in [0.1, 0.15) is 53.4 Å². The molecule has 0 aromatic carbocycles. The standard InChI is InChI=1S/C6H14O.C4H10O2.C2H4O2/c1-3-5-7-6-4-2;1-2-3-4(5)6;1-2(3)4/h3-6H2,1-2H3;4-6H,2-3H2,1H3;1H3,(H,3,4). The molecule has 17 heavy (non-hydrogen) atoms. The highest BCUT2D eigenvalue weighted by atomic mass is 16.5. The van der Waals surface area contributed by atoms with E-state index in [2.05, 4.69) is 13.8 Å². The maximum Gasteiger partial charge on any atom is 0.300 e. The van der Waals surface area contributed by atoms with Crippen LogP contribution in [0.15, 0.2) is 0 Å². The molecule has 3 N–H and O–H groups in total. The van der Waals surface area contributed by atoms with Crippen molar-refractivity contribution in [1.29, 1.82) is 0 Å². The van der Waals surface area contributed by atoms with Crippen LogP contribution in [0.3, 0.4) is 0 Å². The zero-order valence-corrected chi connectivity index (χ0v) is 11.5. The first-order valence-corrected chi connectivity index (χ1v) is 6.05. The van der Waals surface area contributed by atoms with Crippen LogP contribution in [0.25, 0.3) is 0 Å². The van der Waals surface area contributed by atoms with Crippen LogP contribution < -0.4 is 0 Å². The zero-order chi connectivity index (χ0) is 14.1. The quantitative estimate of drug-likeness (QED) is 0.497. The van der Waals surface area contributed by atoms with E-state index >= 15 is 0 Å². The molecule has 0 aliphatic heterocycles. The molecule has 0 saturated carbocycles. The third-order valence-corrected chi connectivity index (χ3v) is 1.24. The number of carboxylic acids is 1. The number of aliphatic hydroxyl groups excluding tert-OH is 1. The number of hydrogen-bond acceptors (Lipinski definition) is 4. The average molecular weight is 252 g/mol. The van der Waals surface area contributed by atoms with Gasteiger partial charge in [-0.1, -0.05) is 27.2 Å². The first kappa shape index (κ1) is 21.6. The molecular formula is C12H28O5. The molecule has 106 valence electrons. The molecule has 0 rings (SSSR count). The van der Waals surface area contributed by atoms with E-state index in [1.165, 1.54) is 0 Å². The van der Waals surface area contributed by atoms with Gasteiger partial charge in [-0.2, -0.15) is 0 Å². The summed E-state index contributed by atoms with van der Waals surface area (Å²) in [7, 11) is 0. The van der Waals surface area contributed by atoms with Crippen LogP contribution in [0.4, 0.5) is 0 Å². The van der Waals surface area contributed by atoms with Gasteiger partial charge in [-0.05, 0) is 19.3 Å². The fourth-order valence-electron chi connectivity index (χ4n) is 0.649. The summed E-state index contributed by atoms with van der Waals surface area (Å²) in [5, 5.41) is 23.6. The number of ether oxygens (including phenoxy) is 1. The van der Waals surface area contributed by atoms with E-state index in [0.29, 0.717) is 6.42 Å². The second kappa shape index (κ2) is 20.7. The predicted octanol–water partition coefficient (Wildman–Crippen LogP) is 2.01. The molecular weight excluding hydrogens is 224 g/mol. The number of carbonyl (C=O) groups is 1. The highest BCUT2D eigenvalue weighted by molar-refractivity contribution is 5.62. The van der Waals surface area contributed by atoms with Crippen molar-refractivity contribution in [2.45, 2.75) is 59.7 Å². The SMILES string of the molecule is CC(=O)O.CCCC(O)O.CCCOCCC. The predicted molar refractivity (Wildman–Crippen MR) is 67.8 cm³/mol. The highest BCUT2D eigenvalue weighted by Crippen LogP contribution is 1.88. The van der Waals surface area contributed by atoms with Crippen molar-refractivity contribution < 1.29 is 24.9 Å². The maximum absolute atomic E-state index is 9.00. The summed E-state index contributed by atoms with van der Waals surface area (Å²) >= 11 is 0. The molecule has 0 spiro atoms. The number of rotatable bonds is 6. The Balaban J connectivity index is -0.000000180. The molecule has 0 atom stereocenters. The Bertz CT molecular complexity index is 129. The molecule has 0 unspecified atom stereocenters. The third kappa shape index (κ3) is 67.8.